The lowest BCUT2D eigenvalue weighted by Crippen LogP contribution is -2.33. The van der Waals surface area contributed by atoms with Crippen LogP contribution in [-0.2, 0) is 11.3 Å². The maximum absolute atomic E-state index is 12.0. The number of nitrogens with one attached hydrogen (secondary N) is 2. The molecule has 1 rings (SSSR count). The third-order valence-corrected chi connectivity index (χ3v) is 3.03. The fraction of sp³-hybridized carbons (Fsp3) is 0.533. The summed E-state index contributed by atoms with van der Waals surface area (Å²) in [5.41, 5.74) is 0.943. The van der Waals surface area contributed by atoms with E-state index in [2.05, 4.69) is 15.4 Å². The molecule has 0 aromatic heterocycles. The van der Waals surface area contributed by atoms with Crippen LogP contribution in [0.25, 0.3) is 0 Å². The minimum atomic E-state index is -2.81. The molecule has 4 nitrogen and oxygen atoms in total. The molecular weight excluding hydrogens is 278 g/mol. The molecule has 118 valence electrons. The first-order chi connectivity index (χ1) is 10.0. The summed E-state index contributed by atoms with van der Waals surface area (Å²) in [5.74, 6) is 0.166. The third-order valence-electron chi connectivity index (χ3n) is 3.03. The Kier molecular flexibility index (Phi) is 7.68. The van der Waals surface area contributed by atoms with Gasteiger partial charge in [0.1, 0.15) is 5.75 Å². The lowest BCUT2D eigenvalue weighted by molar-refractivity contribution is -0.121. The van der Waals surface area contributed by atoms with Crippen LogP contribution >= 0.6 is 0 Å². The van der Waals surface area contributed by atoms with E-state index >= 15 is 0 Å². The van der Waals surface area contributed by atoms with Crippen LogP contribution in [0.15, 0.2) is 24.3 Å². The zero-order valence-electron chi connectivity index (χ0n) is 12.4. The number of alkyl halides is 2. The molecule has 2 N–H and O–H groups in total. The maximum atomic E-state index is 12.0. The Morgan fingerprint density at radius 1 is 1.29 bits per heavy atom. The van der Waals surface area contributed by atoms with Crippen molar-refractivity contribution in [2.75, 3.05) is 6.54 Å². The normalized spacial score (nSPS) is 12.2. The molecule has 1 atom stereocenters. The fourth-order valence-corrected chi connectivity index (χ4v) is 1.67. The number of amides is 1. The van der Waals surface area contributed by atoms with Gasteiger partial charge in [0.15, 0.2) is 0 Å². The van der Waals surface area contributed by atoms with Crippen molar-refractivity contribution in [1.82, 2.24) is 10.6 Å². The van der Waals surface area contributed by atoms with Crippen LogP contribution in [0.3, 0.4) is 0 Å². The van der Waals surface area contributed by atoms with Gasteiger partial charge in [-0.15, -0.1) is 0 Å². The first kappa shape index (κ1) is 17.4. The second-order valence-electron chi connectivity index (χ2n) is 4.83. The van der Waals surface area contributed by atoms with E-state index in [9.17, 15) is 13.6 Å². The Bertz CT molecular complexity index is 424. The lowest BCUT2D eigenvalue weighted by Gasteiger charge is -2.11. The average molecular weight is 300 g/mol. The second-order valence-corrected chi connectivity index (χ2v) is 4.83. The molecule has 1 aromatic rings. The van der Waals surface area contributed by atoms with E-state index in [0.29, 0.717) is 19.5 Å². The zero-order valence-corrected chi connectivity index (χ0v) is 12.4. The second kappa shape index (κ2) is 9.28. The molecule has 0 saturated carbocycles. The van der Waals surface area contributed by atoms with Crippen LogP contribution in [0.1, 0.15) is 32.3 Å². The van der Waals surface area contributed by atoms with Crippen molar-refractivity contribution in [3.63, 3.8) is 0 Å². The van der Waals surface area contributed by atoms with Crippen LogP contribution in [0.2, 0.25) is 0 Å². The molecule has 0 saturated heterocycles. The van der Waals surface area contributed by atoms with Gasteiger partial charge in [0.25, 0.3) is 0 Å². The van der Waals surface area contributed by atoms with Crippen molar-refractivity contribution in [3.05, 3.63) is 29.8 Å². The largest absolute Gasteiger partial charge is 0.435 e. The SMILES string of the molecule is CC[C@@H](C)NC(=O)CCNCc1ccc(OC(F)F)cc1. The smallest absolute Gasteiger partial charge is 0.387 e. The first-order valence-electron chi connectivity index (χ1n) is 7.05. The van der Waals surface area contributed by atoms with Crippen LogP contribution < -0.4 is 15.4 Å². The van der Waals surface area contributed by atoms with Crippen molar-refractivity contribution in [2.45, 2.75) is 45.9 Å². The van der Waals surface area contributed by atoms with Gasteiger partial charge in [-0.1, -0.05) is 19.1 Å². The van der Waals surface area contributed by atoms with Gasteiger partial charge in [-0.3, -0.25) is 4.79 Å². The van der Waals surface area contributed by atoms with E-state index in [1.807, 2.05) is 13.8 Å². The molecule has 0 bridgehead atoms. The highest BCUT2D eigenvalue weighted by Gasteiger charge is 2.05. The minimum Gasteiger partial charge on any atom is -0.435 e. The Labute approximate surface area is 123 Å². The summed E-state index contributed by atoms with van der Waals surface area (Å²) in [6.45, 7) is 2.32. The maximum Gasteiger partial charge on any atom is 0.387 e. The lowest BCUT2D eigenvalue weighted by atomic mass is 10.2. The minimum absolute atomic E-state index is 0.0255. The van der Waals surface area contributed by atoms with Gasteiger partial charge in [0.05, 0.1) is 0 Å². The van der Waals surface area contributed by atoms with E-state index in [1.165, 1.54) is 12.1 Å². The topological polar surface area (TPSA) is 50.4 Å². The standard InChI is InChI=1S/C15H22F2N2O2/c1-3-11(2)19-14(20)8-9-18-10-12-4-6-13(7-5-12)21-15(16)17/h4-7,11,15,18H,3,8-10H2,1-2H3,(H,19,20)/t11-/m1/s1. The molecule has 0 aliphatic rings. The predicted molar refractivity (Wildman–Crippen MR) is 77.3 cm³/mol. The van der Waals surface area contributed by atoms with Gasteiger partial charge in [-0.05, 0) is 31.0 Å². The number of halogens is 2. The van der Waals surface area contributed by atoms with Crippen LogP contribution in [-0.4, -0.2) is 25.1 Å². The molecule has 1 amide bonds. The van der Waals surface area contributed by atoms with Crippen molar-refractivity contribution in [3.8, 4) is 5.75 Å². The van der Waals surface area contributed by atoms with E-state index < -0.39 is 6.61 Å². The van der Waals surface area contributed by atoms with Gasteiger partial charge in [-0.2, -0.15) is 8.78 Å². The number of ether oxygens (including phenoxy) is 1. The quantitative estimate of drug-likeness (QED) is 0.689. The van der Waals surface area contributed by atoms with Crippen LogP contribution in [0.5, 0.6) is 5.75 Å². The Morgan fingerprint density at radius 2 is 1.95 bits per heavy atom. The summed E-state index contributed by atoms with van der Waals surface area (Å²) in [6.07, 6.45) is 1.32. The number of carbonyl (C=O) groups excluding carboxylic acids is 1. The van der Waals surface area contributed by atoms with Gasteiger partial charge < -0.3 is 15.4 Å². The van der Waals surface area contributed by atoms with E-state index in [-0.39, 0.29) is 17.7 Å². The van der Waals surface area contributed by atoms with E-state index in [0.717, 1.165) is 12.0 Å². The van der Waals surface area contributed by atoms with Crippen LogP contribution in [0.4, 0.5) is 8.78 Å². The molecule has 6 heteroatoms. The molecule has 0 unspecified atom stereocenters. The third kappa shape index (κ3) is 7.60. The molecule has 0 radical (unpaired) electrons. The summed E-state index contributed by atoms with van der Waals surface area (Å²) in [6, 6.07) is 6.62. The Balaban J connectivity index is 2.22. The monoisotopic (exact) mass is 300 g/mol. The van der Waals surface area contributed by atoms with Gasteiger partial charge in [-0.25, -0.2) is 0 Å². The molecule has 0 aliphatic heterocycles. The molecule has 21 heavy (non-hydrogen) atoms. The molecule has 0 spiro atoms. The molecule has 0 fully saturated rings. The van der Waals surface area contributed by atoms with E-state index in [4.69, 9.17) is 0 Å². The van der Waals surface area contributed by atoms with Crippen LogP contribution in [0, 0.1) is 0 Å². The van der Waals surface area contributed by atoms with Crippen molar-refractivity contribution in [2.24, 2.45) is 0 Å². The average Bonchev–Trinajstić information content (AvgIpc) is 2.44. The van der Waals surface area contributed by atoms with Gasteiger partial charge in [0, 0.05) is 25.6 Å². The highest BCUT2D eigenvalue weighted by Crippen LogP contribution is 2.14. The number of benzene rings is 1. The first-order valence-corrected chi connectivity index (χ1v) is 7.05. The fourth-order valence-electron chi connectivity index (χ4n) is 1.67. The number of hydrogen-bond acceptors (Lipinski definition) is 3. The zero-order chi connectivity index (χ0) is 15.7. The number of rotatable bonds is 9. The summed E-state index contributed by atoms with van der Waals surface area (Å²) in [4.78, 5) is 11.5. The molecular formula is C15H22F2N2O2. The summed E-state index contributed by atoms with van der Waals surface area (Å²) in [5, 5.41) is 6.02. The number of carbonyl (C=O) groups is 1. The van der Waals surface area contributed by atoms with Crippen molar-refractivity contribution in [1.29, 1.82) is 0 Å². The number of hydrogen-bond donors (Lipinski definition) is 2. The summed E-state index contributed by atoms with van der Waals surface area (Å²) in [7, 11) is 0. The highest BCUT2D eigenvalue weighted by atomic mass is 19.3. The Hall–Kier alpha value is -1.69. The van der Waals surface area contributed by atoms with Gasteiger partial charge >= 0.3 is 6.61 Å². The summed E-state index contributed by atoms with van der Waals surface area (Å²) >= 11 is 0. The summed E-state index contributed by atoms with van der Waals surface area (Å²) < 4.78 is 28.2. The van der Waals surface area contributed by atoms with E-state index in [1.54, 1.807) is 12.1 Å². The van der Waals surface area contributed by atoms with Crippen molar-refractivity contribution >= 4 is 5.91 Å². The molecule has 0 aliphatic carbocycles. The molecule has 1 aromatic carbocycles. The van der Waals surface area contributed by atoms with Gasteiger partial charge in [0.2, 0.25) is 5.91 Å². The van der Waals surface area contributed by atoms with Crippen molar-refractivity contribution < 1.29 is 18.3 Å². The highest BCUT2D eigenvalue weighted by molar-refractivity contribution is 5.76. The Morgan fingerprint density at radius 3 is 2.52 bits per heavy atom. The molecule has 0 heterocycles. The predicted octanol–water partition coefficient (Wildman–Crippen LogP) is 2.68.